The van der Waals surface area contributed by atoms with Crippen molar-refractivity contribution in [1.29, 1.82) is 0 Å². The molecule has 96 valence electrons. The fraction of sp³-hybridized carbons (Fsp3) is 0.118. The Kier molecular flexibility index (Phi) is 4.14. The number of rotatable bonds is 5. The van der Waals surface area contributed by atoms with Gasteiger partial charge in [-0.05, 0) is 30.2 Å². The van der Waals surface area contributed by atoms with Gasteiger partial charge in [0.05, 0.1) is 7.11 Å². The molecule has 2 aromatic rings. The second kappa shape index (κ2) is 6.01. The van der Waals surface area contributed by atoms with Gasteiger partial charge >= 0.3 is 0 Å². The Bertz CT molecular complexity index is 585. The average molecular weight is 252 g/mol. The van der Waals surface area contributed by atoms with Gasteiger partial charge in [-0.1, -0.05) is 36.4 Å². The summed E-state index contributed by atoms with van der Waals surface area (Å²) in [5.41, 5.74) is 2.33. The highest BCUT2D eigenvalue weighted by molar-refractivity contribution is 6.10. The van der Waals surface area contributed by atoms with Gasteiger partial charge in [-0.2, -0.15) is 0 Å². The molecule has 0 bridgehead atoms. The first kappa shape index (κ1) is 13.1. The van der Waals surface area contributed by atoms with Gasteiger partial charge in [-0.25, -0.2) is 0 Å². The van der Waals surface area contributed by atoms with Crippen LogP contribution in [0.5, 0.6) is 5.75 Å². The summed E-state index contributed by atoms with van der Waals surface area (Å²) in [5, 5.41) is 0. The van der Waals surface area contributed by atoms with E-state index >= 15 is 0 Å². The Morgan fingerprint density at radius 1 is 1.21 bits per heavy atom. The normalized spacial score (nSPS) is 9.95. The van der Waals surface area contributed by atoms with E-state index in [9.17, 15) is 4.79 Å². The summed E-state index contributed by atoms with van der Waals surface area (Å²) in [5.74, 6) is 0.779. The maximum Gasteiger partial charge on any atom is 0.193 e. The molecule has 0 radical (unpaired) electrons. The molecule has 2 nitrogen and oxygen atoms in total. The van der Waals surface area contributed by atoms with E-state index in [2.05, 4.69) is 6.58 Å². The van der Waals surface area contributed by atoms with Crippen molar-refractivity contribution < 1.29 is 9.53 Å². The Morgan fingerprint density at radius 3 is 2.58 bits per heavy atom. The molecule has 0 atom stereocenters. The van der Waals surface area contributed by atoms with Crippen LogP contribution in [0.3, 0.4) is 0 Å². The van der Waals surface area contributed by atoms with Crippen LogP contribution in [0.2, 0.25) is 0 Å². The molecular weight excluding hydrogens is 236 g/mol. The summed E-state index contributed by atoms with van der Waals surface area (Å²) in [7, 11) is 1.62. The van der Waals surface area contributed by atoms with Crippen molar-refractivity contribution in [3.63, 3.8) is 0 Å². The Balaban J connectivity index is 2.44. The second-order valence-corrected chi connectivity index (χ2v) is 4.21. The van der Waals surface area contributed by atoms with Crippen LogP contribution in [0.1, 0.15) is 21.5 Å². The van der Waals surface area contributed by atoms with E-state index in [1.54, 1.807) is 13.2 Å². The summed E-state index contributed by atoms with van der Waals surface area (Å²) in [6, 6.07) is 14.8. The number of methoxy groups -OCH3 is 1. The zero-order chi connectivity index (χ0) is 13.7. The first-order valence-corrected chi connectivity index (χ1v) is 6.14. The van der Waals surface area contributed by atoms with Gasteiger partial charge in [0.2, 0.25) is 0 Å². The van der Waals surface area contributed by atoms with Crippen LogP contribution in [0.4, 0.5) is 0 Å². The number of carbonyl (C=O) groups excluding carboxylic acids is 1. The molecule has 0 saturated heterocycles. The molecule has 19 heavy (non-hydrogen) atoms. The summed E-state index contributed by atoms with van der Waals surface area (Å²) in [6.07, 6.45) is 2.43. The SMILES string of the molecule is C=CCc1cc(OC)ccc1C(=O)c1ccccc1. The van der Waals surface area contributed by atoms with Gasteiger partial charge < -0.3 is 4.74 Å². The molecular formula is C17H16O2. The van der Waals surface area contributed by atoms with Gasteiger partial charge in [0.15, 0.2) is 5.78 Å². The van der Waals surface area contributed by atoms with Crippen LogP contribution in [0.15, 0.2) is 61.2 Å². The van der Waals surface area contributed by atoms with Crippen molar-refractivity contribution in [2.24, 2.45) is 0 Å². The highest BCUT2D eigenvalue weighted by Crippen LogP contribution is 2.21. The number of benzene rings is 2. The minimum absolute atomic E-state index is 0.0279. The van der Waals surface area contributed by atoms with Crippen LogP contribution in [0.25, 0.3) is 0 Å². The first-order valence-electron chi connectivity index (χ1n) is 6.14. The van der Waals surface area contributed by atoms with E-state index in [-0.39, 0.29) is 5.78 Å². The Labute approximate surface area is 113 Å². The van der Waals surface area contributed by atoms with Crippen LogP contribution < -0.4 is 4.74 Å². The maximum atomic E-state index is 12.5. The molecule has 0 aromatic heterocycles. The standard InChI is InChI=1S/C17H16O2/c1-3-7-14-12-15(19-2)10-11-16(14)17(18)13-8-5-4-6-9-13/h3-6,8-12H,1,7H2,2H3. The fourth-order valence-corrected chi connectivity index (χ4v) is 1.99. The highest BCUT2D eigenvalue weighted by atomic mass is 16.5. The van der Waals surface area contributed by atoms with E-state index in [0.717, 1.165) is 11.3 Å². The van der Waals surface area contributed by atoms with Gasteiger partial charge in [-0.3, -0.25) is 4.79 Å². The van der Waals surface area contributed by atoms with Gasteiger partial charge in [-0.15, -0.1) is 6.58 Å². The quantitative estimate of drug-likeness (QED) is 0.599. The molecule has 0 saturated carbocycles. The molecule has 0 aliphatic rings. The molecule has 2 heteroatoms. The molecule has 0 spiro atoms. The largest absolute Gasteiger partial charge is 0.497 e. The lowest BCUT2D eigenvalue weighted by Gasteiger charge is -2.09. The number of carbonyl (C=O) groups is 1. The van der Waals surface area contributed by atoms with Crippen molar-refractivity contribution in [2.45, 2.75) is 6.42 Å². The third-order valence-electron chi connectivity index (χ3n) is 2.96. The number of hydrogen-bond acceptors (Lipinski definition) is 2. The number of allylic oxidation sites excluding steroid dienone is 1. The van der Waals surface area contributed by atoms with Crippen molar-refractivity contribution in [1.82, 2.24) is 0 Å². The predicted octanol–water partition coefficient (Wildman–Crippen LogP) is 3.65. The molecule has 0 aliphatic carbocycles. The van der Waals surface area contributed by atoms with Crippen LogP contribution >= 0.6 is 0 Å². The number of ketones is 1. The lowest BCUT2D eigenvalue weighted by Crippen LogP contribution is -2.05. The highest BCUT2D eigenvalue weighted by Gasteiger charge is 2.13. The smallest absolute Gasteiger partial charge is 0.193 e. The molecule has 0 unspecified atom stereocenters. The zero-order valence-electron chi connectivity index (χ0n) is 10.9. The summed E-state index contributed by atoms with van der Waals surface area (Å²) in [6.45, 7) is 3.73. The molecule has 0 aliphatic heterocycles. The summed E-state index contributed by atoms with van der Waals surface area (Å²) >= 11 is 0. The molecule has 2 aromatic carbocycles. The van der Waals surface area contributed by atoms with Crippen molar-refractivity contribution in [3.05, 3.63) is 77.9 Å². The third kappa shape index (κ3) is 2.91. The lowest BCUT2D eigenvalue weighted by molar-refractivity contribution is 0.103. The van der Waals surface area contributed by atoms with Gasteiger partial charge in [0.25, 0.3) is 0 Å². The third-order valence-corrected chi connectivity index (χ3v) is 2.96. The van der Waals surface area contributed by atoms with E-state index in [1.807, 2.05) is 48.5 Å². The molecule has 2 rings (SSSR count). The fourth-order valence-electron chi connectivity index (χ4n) is 1.99. The predicted molar refractivity (Wildman–Crippen MR) is 76.8 cm³/mol. The van der Waals surface area contributed by atoms with Crippen LogP contribution in [-0.2, 0) is 6.42 Å². The van der Waals surface area contributed by atoms with Crippen LogP contribution in [0, 0.1) is 0 Å². The monoisotopic (exact) mass is 252 g/mol. The Morgan fingerprint density at radius 2 is 1.95 bits per heavy atom. The number of hydrogen-bond donors (Lipinski definition) is 0. The van der Waals surface area contributed by atoms with E-state index in [0.29, 0.717) is 17.5 Å². The van der Waals surface area contributed by atoms with Gasteiger partial charge in [0, 0.05) is 11.1 Å². The van der Waals surface area contributed by atoms with Gasteiger partial charge in [0.1, 0.15) is 5.75 Å². The number of ether oxygens (including phenoxy) is 1. The Hall–Kier alpha value is -2.35. The van der Waals surface area contributed by atoms with E-state index in [4.69, 9.17) is 4.74 Å². The van der Waals surface area contributed by atoms with Crippen molar-refractivity contribution in [2.75, 3.05) is 7.11 Å². The zero-order valence-corrected chi connectivity index (χ0v) is 10.9. The first-order chi connectivity index (χ1) is 9.26. The topological polar surface area (TPSA) is 26.3 Å². The molecule has 0 N–H and O–H groups in total. The summed E-state index contributed by atoms with van der Waals surface area (Å²) < 4.78 is 5.20. The minimum Gasteiger partial charge on any atom is -0.497 e. The molecule has 0 fully saturated rings. The lowest BCUT2D eigenvalue weighted by atomic mass is 9.96. The summed E-state index contributed by atoms with van der Waals surface area (Å²) in [4.78, 5) is 12.5. The van der Waals surface area contributed by atoms with Crippen LogP contribution in [-0.4, -0.2) is 12.9 Å². The molecule has 0 amide bonds. The average Bonchev–Trinajstić information content (AvgIpc) is 2.47. The van der Waals surface area contributed by atoms with Crippen molar-refractivity contribution >= 4 is 5.78 Å². The van der Waals surface area contributed by atoms with Crippen molar-refractivity contribution in [3.8, 4) is 5.75 Å². The minimum atomic E-state index is 0.0279. The van der Waals surface area contributed by atoms with E-state index in [1.165, 1.54) is 0 Å². The molecule has 0 heterocycles. The maximum absolute atomic E-state index is 12.5. The second-order valence-electron chi connectivity index (χ2n) is 4.21. The van der Waals surface area contributed by atoms with E-state index < -0.39 is 0 Å².